The predicted molar refractivity (Wildman–Crippen MR) is 107 cm³/mol. The Morgan fingerprint density at radius 3 is 2.37 bits per heavy atom. The largest absolute Gasteiger partial charge is 0.349 e. The van der Waals surface area contributed by atoms with Gasteiger partial charge in [-0.15, -0.1) is 0 Å². The zero-order valence-electron chi connectivity index (χ0n) is 15.3. The molecule has 2 aromatic rings. The molecule has 1 fully saturated rings. The van der Waals surface area contributed by atoms with Crippen LogP contribution in [0.2, 0.25) is 0 Å². The molecule has 1 aliphatic rings. The maximum atomic E-state index is 13.0. The highest BCUT2D eigenvalue weighted by molar-refractivity contribution is 6.24. The van der Waals surface area contributed by atoms with Crippen molar-refractivity contribution in [2.45, 2.75) is 44.6 Å². The van der Waals surface area contributed by atoms with Crippen molar-refractivity contribution in [2.24, 2.45) is 0 Å². The van der Waals surface area contributed by atoms with Crippen LogP contribution in [0.4, 0.5) is 5.69 Å². The molecular formula is C22H24N2O3. The smallest absolute Gasteiger partial charge is 0.270 e. The molecule has 5 nitrogen and oxygen atoms in total. The summed E-state index contributed by atoms with van der Waals surface area (Å²) in [5, 5.41) is 14.2. The van der Waals surface area contributed by atoms with Gasteiger partial charge in [0.25, 0.3) is 11.6 Å². The number of benzene rings is 2. The first-order chi connectivity index (χ1) is 13.1. The van der Waals surface area contributed by atoms with E-state index in [1.54, 1.807) is 18.2 Å². The zero-order valence-corrected chi connectivity index (χ0v) is 15.3. The first-order valence-electron chi connectivity index (χ1n) is 9.46. The van der Waals surface area contributed by atoms with Gasteiger partial charge in [0, 0.05) is 23.7 Å². The van der Waals surface area contributed by atoms with Gasteiger partial charge in [-0.3, -0.25) is 14.9 Å². The Morgan fingerprint density at radius 1 is 1.00 bits per heavy atom. The van der Waals surface area contributed by atoms with Crippen LogP contribution in [0.1, 0.15) is 49.7 Å². The molecule has 0 heterocycles. The summed E-state index contributed by atoms with van der Waals surface area (Å²) in [6, 6.07) is 16.0. The van der Waals surface area contributed by atoms with Crippen molar-refractivity contribution in [1.29, 1.82) is 0 Å². The molecule has 0 aromatic heterocycles. The van der Waals surface area contributed by atoms with E-state index in [0.717, 1.165) is 31.2 Å². The summed E-state index contributed by atoms with van der Waals surface area (Å²) in [6.07, 6.45) is 8.47. The lowest BCUT2D eigenvalue weighted by atomic mass is 10.0. The predicted octanol–water partition coefficient (Wildman–Crippen LogP) is 4.97. The van der Waals surface area contributed by atoms with Crippen LogP contribution >= 0.6 is 0 Å². The Balaban J connectivity index is 1.90. The zero-order chi connectivity index (χ0) is 19.1. The normalized spacial score (nSPS) is 15.8. The van der Waals surface area contributed by atoms with Crippen LogP contribution in [0.25, 0.3) is 11.6 Å². The number of amides is 1. The summed E-state index contributed by atoms with van der Waals surface area (Å²) < 4.78 is 0. The number of nitro groups is 1. The molecule has 2 aromatic carbocycles. The van der Waals surface area contributed by atoms with Gasteiger partial charge in [0.1, 0.15) is 0 Å². The third-order valence-corrected chi connectivity index (χ3v) is 4.91. The van der Waals surface area contributed by atoms with E-state index in [1.165, 1.54) is 25.0 Å². The number of carbonyl (C=O) groups excluding carboxylic acids is 1. The lowest BCUT2D eigenvalue weighted by Gasteiger charge is -2.18. The lowest BCUT2D eigenvalue weighted by molar-refractivity contribution is -0.384. The molecule has 1 amide bonds. The molecule has 0 unspecified atom stereocenters. The lowest BCUT2D eigenvalue weighted by Crippen LogP contribution is -2.34. The summed E-state index contributed by atoms with van der Waals surface area (Å²) in [4.78, 5) is 23.7. The van der Waals surface area contributed by atoms with Crippen LogP contribution in [-0.2, 0) is 4.79 Å². The molecule has 5 heteroatoms. The first kappa shape index (κ1) is 18.8. The topological polar surface area (TPSA) is 72.2 Å². The van der Waals surface area contributed by atoms with Crippen LogP contribution < -0.4 is 5.32 Å². The van der Waals surface area contributed by atoms with E-state index in [0.29, 0.717) is 11.1 Å². The van der Waals surface area contributed by atoms with E-state index in [-0.39, 0.29) is 17.6 Å². The molecule has 1 saturated carbocycles. The average molecular weight is 364 g/mol. The SMILES string of the molecule is O=C(NC1CCCCCC1)/C(=C/c1cccc([N+](=O)[O-])c1)c1ccccc1. The van der Waals surface area contributed by atoms with Gasteiger partial charge < -0.3 is 5.32 Å². The van der Waals surface area contributed by atoms with E-state index in [9.17, 15) is 14.9 Å². The maximum absolute atomic E-state index is 13.0. The Bertz CT molecular complexity index is 822. The van der Waals surface area contributed by atoms with Gasteiger partial charge in [0.05, 0.1) is 4.92 Å². The van der Waals surface area contributed by atoms with Gasteiger partial charge >= 0.3 is 0 Å². The van der Waals surface area contributed by atoms with Crippen molar-refractivity contribution in [1.82, 2.24) is 5.32 Å². The summed E-state index contributed by atoms with van der Waals surface area (Å²) in [6.45, 7) is 0. The Labute approximate surface area is 159 Å². The van der Waals surface area contributed by atoms with Crippen LogP contribution in [0, 0.1) is 10.1 Å². The second-order valence-corrected chi connectivity index (χ2v) is 6.94. The van der Waals surface area contributed by atoms with E-state index < -0.39 is 4.92 Å². The van der Waals surface area contributed by atoms with Gasteiger partial charge in [-0.1, -0.05) is 68.1 Å². The van der Waals surface area contributed by atoms with Gasteiger partial charge in [0.2, 0.25) is 0 Å². The second-order valence-electron chi connectivity index (χ2n) is 6.94. The third-order valence-electron chi connectivity index (χ3n) is 4.91. The average Bonchev–Trinajstić information content (AvgIpc) is 2.95. The molecule has 0 saturated heterocycles. The second kappa shape index (κ2) is 9.12. The molecule has 0 bridgehead atoms. The number of nitrogens with one attached hydrogen (secondary N) is 1. The highest BCUT2D eigenvalue weighted by atomic mass is 16.6. The Kier molecular flexibility index (Phi) is 6.36. The fraction of sp³-hybridized carbons (Fsp3) is 0.318. The quantitative estimate of drug-likeness (QED) is 0.267. The summed E-state index contributed by atoms with van der Waals surface area (Å²) >= 11 is 0. The minimum atomic E-state index is -0.425. The minimum Gasteiger partial charge on any atom is -0.349 e. The minimum absolute atomic E-state index is 0.0142. The molecule has 0 atom stereocenters. The molecule has 0 spiro atoms. The van der Waals surface area contributed by atoms with Crippen LogP contribution in [-0.4, -0.2) is 16.9 Å². The Morgan fingerprint density at radius 2 is 1.70 bits per heavy atom. The van der Waals surface area contributed by atoms with E-state index in [1.807, 2.05) is 30.3 Å². The molecule has 27 heavy (non-hydrogen) atoms. The van der Waals surface area contributed by atoms with E-state index >= 15 is 0 Å². The highest BCUT2D eigenvalue weighted by Crippen LogP contribution is 2.23. The van der Waals surface area contributed by atoms with Crippen molar-refractivity contribution in [3.8, 4) is 0 Å². The standard InChI is InChI=1S/C22H24N2O3/c25-22(23-19-12-6-1-2-7-13-19)21(18-10-4-3-5-11-18)16-17-9-8-14-20(15-17)24(26)27/h3-5,8-11,14-16,19H,1-2,6-7,12-13H2,(H,23,25)/b21-16+. The molecule has 140 valence electrons. The van der Waals surface area contributed by atoms with Crippen molar-refractivity contribution in [3.63, 3.8) is 0 Å². The van der Waals surface area contributed by atoms with Crippen molar-refractivity contribution in [3.05, 3.63) is 75.8 Å². The van der Waals surface area contributed by atoms with Gasteiger partial charge in [-0.25, -0.2) is 0 Å². The number of hydrogen-bond acceptors (Lipinski definition) is 3. The molecule has 0 radical (unpaired) electrons. The van der Waals surface area contributed by atoms with Crippen LogP contribution in [0.3, 0.4) is 0 Å². The number of carbonyl (C=O) groups is 1. The van der Waals surface area contributed by atoms with Gasteiger partial charge in [-0.2, -0.15) is 0 Å². The van der Waals surface area contributed by atoms with Crippen molar-refractivity contribution < 1.29 is 9.72 Å². The van der Waals surface area contributed by atoms with E-state index in [2.05, 4.69) is 5.32 Å². The fourth-order valence-corrected chi connectivity index (χ4v) is 3.48. The van der Waals surface area contributed by atoms with Crippen LogP contribution in [0.15, 0.2) is 54.6 Å². The van der Waals surface area contributed by atoms with Crippen molar-refractivity contribution >= 4 is 23.2 Å². The molecule has 1 N–H and O–H groups in total. The fourth-order valence-electron chi connectivity index (χ4n) is 3.48. The number of rotatable bonds is 5. The summed E-state index contributed by atoms with van der Waals surface area (Å²) in [5.74, 6) is -0.125. The Hall–Kier alpha value is -2.95. The first-order valence-corrected chi connectivity index (χ1v) is 9.46. The molecular weight excluding hydrogens is 340 g/mol. The summed E-state index contributed by atoms with van der Waals surface area (Å²) in [5.41, 5.74) is 1.98. The van der Waals surface area contributed by atoms with Crippen molar-refractivity contribution in [2.75, 3.05) is 0 Å². The number of nitro benzene ring substituents is 1. The number of nitrogens with zero attached hydrogens (tertiary/aromatic N) is 1. The van der Waals surface area contributed by atoms with Crippen LogP contribution in [0.5, 0.6) is 0 Å². The van der Waals surface area contributed by atoms with Gasteiger partial charge in [0.15, 0.2) is 0 Å². The molecule has 3 rings (SSSR count). The number of non-ortho nitro benzene ring substituents is 1. The van der Waals surface area contributed by atoms with Gasteiger partial charge in [-0.05, 0) is 30.0 Å². The third kappa shape index (κ3) is 5.26. The summed E-state index contributed by atoms with van der Waals surface area (Å²) in [7, 11) is 0. The molecule has 1 aliphatic carbocycles. The molecule has 0 aliphatic heterocycles. The number of hydrogen-bond donors (Lipinski definition) is 1. The highest BCUT2D eigenvalue weighted by Gasteiger charge is 2.18. The maximum Gasteiger partial charge on any atom is 0.270 e. The monoisotopic (exact) mass is 364 g/mol. The van der Waals surface area contributed by atoms with E-state index in [4.69, 9.17) is 0 Å².